The average molecular weight is 291 g/mol. The molecule has 0 spiro atoms. The van der Waals surface area contributed by atoms with Crippen LogP contribution in [0.15, 0.2) is 64.4 Å². The molecule has 0 amide bonds. The first-order valence-electron chi connectivity index (χ1n) is 5.58. The van der Waals surface area contributed by atoms with Crippen molar-refractivity contribution in [3.63, 3.8) is 0 Å². The summed E-state index contributed by atoms with van der Waals surface area (Å²) >= 11 is 7.42. The maximum Gasteiger partial charge on any atom is 0.328 e. The standard InChI is InChI=1S/C15H11ClO2S/c16-12-6-8-13(9-7-12)19-14-4-2-1-3-11(14)5-10-15(17)18/h1-10H,(H,17,18). The Bertz CT molecular complexity index is 606. The zero-order valence-corrected chi connectivity index (χ0v) is 11.5. The van der Waals surface area contributed by atoms with Gasteiger partial charge in [-0.05, 0) is 42.0 Å². The van der Waals surface area contributed by atoms with Crippen molar-refractivity contribution in [3.8, 4) is 0 Å². The van der Waals surface area contributed by atoms with Gasteiger partial charge in [-0.15, -0.1) is 0 Å². The summed E-state index contributed by atoms with van der Waals surface area (Å²) in [6.45, 7) is 0. The fourth-order valence-corrected chi connectivity index (χ4v) is 2.55. The van der Waals surface area contributed by atoms with E-state index in [1.54, 1.807) is 17.8 Å². The summed E-state index contributed by atoms with van der Waals surface area (Å²) in [6, 6.07) is 15.2. The molecule has 0 fully saturated rings. The van der Waals surface area contributed by atoms with Gasteiger partial charge in [-0.1, -0.05) is 41.6 Å². The van der Waals surface area contributed by atoms with Crippen molar-refractivity contribution in [2.75, 3.05) is 0 Å². The van der Waals surface area contributed by atoms with Crippen molar-refractivity contribution >= 4 is 35.4 Å². The summed E-state index contributed by atoms with van der Waals surface area (Å²) in [5.74, 6) is -0.953. The third-order valence-electron chi connectivity index (χ3n) is 2.37. The molecule has 0 heterocycles. The van der Waals surface area contributed by atoms with Crippen molar-refractivity contribution in [1.82, 2.24) is 0 Å². The maximum atomic E-state index is 10.6. The van der Waals surface area contributed by atoms with Gasteiger partial charge in [0, 0.05) is 20.9 Å². The molecule has 0 saturated carbocycles. The lowest BCUT2D eigenvalue weighted by Crippen LogP contribution is -1.86. The van der Waals surface area contributed by atoms with Crippen LogP contribution < -0.4 is 0 Å². The number of hydrogen-bond acceptors (Lipinski definition) is 2. The van der Waals surface area contributed by atoms with E-state index in [2.05, 4.69) is 0 Å². The Balaban J connectivity index is 2.24. The molecule has 2 rings (SSSR count). The van der Waals surface area contributed by atoms with Crippen LogP contribution in [0.1, 0.15) is 5.56 Å². The minimum atomic E-state index is -0.953. The van der Waals surface area contributed by atoms with Gasteiger partial charge in [-0.25, -0.2) is 4.79 Å². The number of carboxylic acid groups (broad SMARTS) is 1. The second kappa shape index (κ2) is 6.45. The zero-order chi connectivity index (χ0) is 13.7. The highest BCUT2D eigenvalue weighted by Crippen LogP contribution is 2.31. The van der Waals surface area contributed by atoms with Gasteiger partial charge in [0.05, 0.1) is 0 Å². The molecule has 0 bridgehead atoms. The zero-order valence-electron chi connectivity index (χ0n) is 9.92. The van der Waals surface area contributed by atoms with E-state index >= 15 is 0 Å². The predicted molar refractivity (Wildman–Crippen MR) is 78.7 cm³/mol. The Morgan fingerprint density at radius 3 is 2.47 bits per heavy atom. The van der Waals surface area contributed by atoms with Crippen molar-refractivity contribution in [2.24, 2.45) is 0 Å². The molecule has 0 unspecified atom stereocenters. The molecule has 2 aromatic rings. The fourth-order valence-electron chi connectivity index (χ4n) is 1.50. The minimum absolute atomic E-state index is 0.698. The van der Waals surface area contributed by atoms with Gasteiger partial charge in [0.1, 0.15) is 0 Å². The number of hydrogen-bond donors (Lipinski definition) is 1. The molecule has 0 aliphatic heterocycles. The second-order valence-corrected chi connectivity index (χ2v) is 5.32. The molecule has 2 aromatic carbocycles. The number of carboxylic acids is 1. The molecule has 1 N–H and O–H groups in total. The minimum Gasteiger partial charge on any atom is -0.478 e. The molecule has 0 saturated heterocycles. The number of carbonyl (C=O) groups is 1. The summed E-state index contributed by atoms with van der Waals surface area (Å²) in [7, 11) is 0. The van der Waals surface area contributed by atoms with Crippen LogP contribution in [-0.2, 0) is 4.79 Å². The molecule has 0 aliphatic rings. The summed E-state index contributed by atoms with van der Waals surface area (Å²) in [4.78, 5) is 12.6. The number of halogens is 1. The van der Waals surface area contributed by atoms with Crippen LogP contribution in [0.5, 0.6) is 0 Å². The van der Waals surface area contributed by atoms with Crippen LogP contribution in [0.2, 0.25) is 5.02 Å². The Hall–Kier alpha value is -1.71. The van der Waals surface area contributed by atoms with Gasteiger partial charge in [0.15, 0.2) is 0 Å². The van der Waals surface area contributed by atoms with Gasteiger partial charge in [0.25, 0.3) is 0 Å². The molecule has 2 nitrogen and oxygen atoms in total. The monoisotopic (exact) mass is 290 g/mol. The highest BCUT2D eigenvalue weighted by molar-refractivity contribution is 7.99. The van der Waals surface area contributed by atoms with Gasteiger partial charge in [-0.2, -0.15) is 0 Å². The van der Waals surface area contributed by atoms with Gasteiger partial charge in [-0.3, -0.25) is 0 Å². The van der Waals surface area contributed by atoms with Gasteiger partial charge in [0.2, 0.25) is 0 Å². The lowest BCUT2D eigenvalue weighted by Gasteiger charge is -2.05. The number of rotatable bonds is 4. The SMILES string of the molecule is O=C(O)C=Cc1ccccc1Sc1ccc(Cl)cc1. The largest absolute Gasteiger partial charge is 0.478 e. The summed E-state index contributed by atoms with van der Waals surface area (Å²) in [6.07, 6.45) is 2.74. The van der Waals surface area contributed by atoms with E-state index in [9.17, 15) is 4.79 Å². The first kappa shape index (κ1) is 13.7. The van der Waals surface area contributed by atoms with Crippen LogP contribution in [0.3, 0.4) is 0 Å². The van der Waals surface area contributed by atoms with E-state index in [0.29, 0.717) is 5.02 Å². The van der Waals surface area contributed by atoms with Crippen LogP contribution in [0, 0.1) is 0 Å². The molecular formula is C15H11ClO2S. The molecule has 4 heteroatoms. The van der Waals surface area contributed by atoms with E-state index in [1.807, 2.05) is 48.5 Å². The van der Waals surface area contributed by atoms with Crippen molar-refractivity contribution in [1.29, 1.82) is 0 Å². The molecule has 19 heavy (non-hydrogen) atoms. The smallest absolute Gasteiger partial charge is 0.328 e. The first-order chi connectivity index (χ1) is 9.15. The Labute approximate surface area is 120 Å². The van der Waals surface area contributed by atoms with Crippen LogP contribution in [0.4, 0.5) is 0 Å². The first-order valence-corrected chi connectivity index (χ1v) is 6.78. The molecule has 0 radical (unpaired) electrons. The molecular weight excluding hydrogens is 280 g/mol. The summed E-state index contributed by atoms with van der Waals surface area (Å²) in [5, 5.41) is 9.38. The van der Waals surface area contributed by atoms with Crippen molar-refractivity contribution < 1.29 is 9.90 Å². The Morgan fingerprint density at radius 1 is 1.11 bits per heavy atom. The molecule has 0 aliphatic carbocycles. The lowest BCUT2D eigenvalue weighted by atomic mass is 10.2. The van der Waals surface area contributed by atoms with Crippen LogP contribution in [-0.4, -0.2) is 11.1 Å². The lowest BCUT2D eigenvalue weighted by molar-refractivity contribution is -0.131. The predicted octanol–water partition coefficient (Wildman–Crippen LogP) is 4.59. The van der Waals surface area contributed by atoms with E-state index < -0.39 is 5.97 Å². The molecule has 0 atom stereocenters. The second-order valence-electron chi connectivity index (χ2n) is 3.77. The number of benzene rings is 2. The highest BCUT2D eigenvalue weighted by Gasteiger charge is 2.02. The van der Waals surface area contributed by atoms with Crippen molar-refractivity contribution in [3.05, 3.63) is 65.2 Å². The normalized spacial score (nSPS) is 10.8. The summed E-state index contributed by atoms with van der Waals surface area (Å²) < 4.78 is 0. The van der Waals surface area contributed by atoms with Gasteiger partial charge >= 0.3 is 5.97 Å². The third kappa shape index (κ3) is 4.16. The van der Waals surface area contributed by atoms with E-state index in [-0.39, 0.29) is 0 Å². The Kier molecular flexibility index (Phi) is 4.66. The molecule has 0 aromatic heterocycles. The van der Waals surface area contributed by atoms with Crippen LogP contribution in [0.25, 0.3) is 6.08 Å². The molecule has 96 valence electrons. The highest BCUT2D eigenvalue weighted by atomic mass is 35.5. The quantitative estimate of drug-likeness (QED) is 0.837. The number of aliphatic carboxylic acids is 1. The maximum absolute atomic E-state index is 10.6. The van der Waals surface area contributed by atoms with E-state index in [4.69, 9.17) is 16.7 Å². The van der Waals surface area contributed by atoms with Gasteiger partial charge < -0.3 is 5.11 Å². The third-order valence-corrected chi connectivity index (χ3v) is 3.72. The summed E-state index contributed by atoms with van der Waals surface area (Å²) in [5.41, 5.74) is 0.879. The van der Waals surface area contributed by atoms with Crippen molar-refractivity contribution in [2.45, 2.75) is 9.79 Å². The average Bonchev–Trinajstić information content (AvgIpc) is 2.40. The van der Waals surface area contributed by atoms with E-state index in [0.717, 1.165) is 21.4 Å². The van der Waals surface area contributed by atoms with Crippen LogP contribution >= 0.6 is 23.4 Å². The fraction of sp³-hybridized carbons (Fsp3) is 0. The van der Waals surface area contributed by atoms with E-state index in [1.165, 1.54) is 0 Å². The topological polar surface area (TPSA) is 37.3 Å². The Morgan fingerprint density at radius 2 is 1.79 bits per heavy atom.